The van der Waals surface area contributed by atoms with Gasteiger partial charge < -0.3 is 20.5 Å². The Balaban J connectivity index is 2.58. The molecule has 94 valence electrons. The molecule has 0 heterocycles. The summed E-state index contributed by atoms with van der Waals surface area (Å²) in [5.41, 5.74) is 5.39. The Morgan fingerprint density at radius 2 is 2.06 bits per heavy atom. The Morgan fingerprint density at radius 3 is 2.56 bits per heavy atom. The van der Waals surface area contributed by atoms with Crippen LogP contribution >= 0.6 is 0 Å². The van der Waals surface area contributed by atoms with Crippen molar-refractivity contribution in [1.29, 1.82) is 0 Å². The second-order valence-electron chi connectivity index (χ2n) is 4.37. The minimum Gasteiger partial charge on any atom is -0.395 e. The third-order valence-electron chi connectivity index (χ3n) is 3.14. The van der Waals surface area contributed by atoms with Crippen molar-refractivity contribution in [2.45, 2.75) is 31.2 Å². The lowest BCUT2D eigenvalue weighted by Crippen LogP contribution is -2.54. The molecule has 0 radical (unpaired) electrons. The van der Waals surface area contributed by atoms with Crippen LogP contribution in [0.1, 0.15) is 25.7 Å². The smallest absolute Gasteiger partial charge is 0.242 e. The molecule has 0 aromatic heterocycles. The van der Waals surface area contributed by atoms with E-state index >= 15 is 0 Å². The van der Waals surface area contributed by atoms with Gasteiger partial charge in [0.1, 0.15) is 0 Å². The number of methoxy groups -OCH3 is 1. The average molecular weight is 230 g/mol. The molecule has 0 aliphatic heterocycles. The Bertz CT molecular complexity index is 227. The minimum absolute atomic E-state index is 0.0362. The van der Waals surface area contributed by atoms with Crippen molar-refractivity contribution in [2.75, 3.05) is 33.4 Å². The fraction of sp³-hybridized carbons (Fsp3) is 0.909. The first kappa shape index (κ1) is 13.4. The van der Waals surface area contributed by atoms with Gasteiger partial charge in [0.05, 0.1) is 18.8 Å². The van der Waals surface area contributed by atoms with Crippen LogP contribution in [0.25, 0.3) is 0 Å². The summed E-state index contributed by atoms with van der Waals surface area (Å²) in [5.74, 6) is -0.0453. The van der Waals surface area contributed by atoms with Crippen LogP contribution in [0.4, 0.5) is 0 Å². The molecular formula is C11H22N2O3. The SMILES string of the molecule is COCCN(CCO)C(=O)C1(N)CCCC1. The lowest BCUT2D eigenvalue weighted by Gasteiger charge is -2.31. The van der Waals surface area contributed by atoms with Gasteiger partial charge in [0, 0.05) is 20.2 Å². The third-order valence-corrected chi connectivity index (χ3v) is 3.14. The molecule has 1 aliphatic rings. The standard InChI is InChI=1S/C11H22N2O3/c1-16-9-7-13(6-8-14)10(15)11(12)4-2-3-5-11/h14H,2-9,12H2,1H3. The van der Waals surface area contributed by atoms with Crippen LogP contribution in [0.3, 0.4) is 0 Å². The van der Waals surface area contributed by atoms with Crippen LogP contribution in [-0.4, -0.2) is 54.9 Å². The molecule has 1 amide bonds. The fourth-order valence-corrected chi connectivity index (χ4v) is 2.17. The van der Waals surface area contributed by atoms with Gasteiger partial charge in [0.25, 0.3) is 0 Å². The number of nitrogens with two attached hydrogens (primary N) is 1. The lowest BCUT2D eigenvalue weighted by atomic mass is 9.97. The number of amides is 1. The van der Waals surface area contributed by atoms with Crippen molar-refractivity contribution >= 4 is 5.91 Å². The Kier molecular flexibility index (Phi) is 5.18. The molecule has 16 heavy (non-hydrogen) atoms. The van der Waals surface area contributed by atoms with E-state index in [-0.39, 0.29) is 12.5 Å². The van der Waals surface area contributed by atoms with Crippen molar-refractivity contribution < 1.29 is 14.6 Å². The number of ether oxygens (including phenoxy) is 1. The molecule has 1 saturated carbocycles. The van der Waals surface area contributed by atoms with Gasteiger partial charge in [0.2, 0.25) is 5.91 Å². The van der Waals surface area contributed by atoms with Gasteiger partial charge in [-0.3, -0.25) is 4.79 Å². The van der Waals surface area contributed by atoms with Crippen LogP contribution in [0.5, 0.6) is 0 Å². The number of carbonyl (C=O) groups is 1. The second-order valence-corrected chi connectivity index (χ2v) is 4.37. The average Bonchev–Trinajstić information content (AvgIpc) is 2.72. The van der Waals surface area contributed by atoms with Gasteiger partial charge >= 0.3 is 0 Å². The van der Waals surface area contributed by atoms with E-state index in [0.29, 0.717) is 19.7 Å². The summed E-state index contributed by atoms with van der Waals surface area (Å²) in [6.45, 7) is 1.27. The summed E-state index contributed by atoms with van der Waals surface area (Å²) < 4.78 is 4.95. The monoisotopic (exact) mass is 230 g/mol. The molecular weight excluding hydrogens is 208 g/mol. The normalized spacial score (nSPS) is 18.7. The maximum atomic E-state index is 12.2. The highest BCUT2D eigenvalue weighted by Crippen LogP contribution is 2.28. The van der Waals surface area contributed by atoms with Crippen molar-refractivity contribution in [1.82, 2.24) is 4.90 Å². The van der Waals surface area contributed by atoms with E-state index in [4.69, 9.17) is 15.6 Å². The highest BCUT2D eigenvalue weighted by atomic mass is 16.5. The predicted molar refractivity (Wildman–Crippen MR) is 60.9 cm³/mol. The molecule has 0 aromatic carbocycles. The highest BCUT2D eigenvalue weighted by Gasteiger charge is 2.39. The molecule has 5 nitrogen and oxygen atoms in total. The molecule has 0 unspecified atom stereocenters. The molecule has 3 N–H and O–H groups in total. The highest BCUT2D eigenvalue weighted by molar-refractivity contribution is 5.86. The van der Waals surface area contributed by atoms with Crippen LogP contribution in [0.15, 0.2) is 0 Å². The van der Waals surface area contributed by atoms with E-state index in [9.17, 15) is 4.79 Å². The Hall–Kier alpha value is -0.650. The van der Waals surface area contributed by atoms with Gasteiger partial charge in [-0.2, -0.15) is 0 Å². The minimum atomic E-state index is -0.705. The van der Waals surface area contributed by atoms with Gasteiger partial charge in [-0.15, -0.1) is 0 Å². The van der Waals surface area contributed by atoms with Crippen molar-refractivity contribution in [3.8, 4) is 0 Å². The molecule has 0 aromatic rings. The first-order valence-corrected chi connectivity index (χ1v) is 5.82. The maximum Gasteiger partial charge on any atom is 0.242 e. The summed E-state index contributed by atoms with van der Waals surface area (Å²) in [7, 11) is 1.59. The lowest BCUT2D eigenvalue weighted by molar-refractivity contribution is -0.138. The zero-order valence-electron chi connectivity index (χ0n) is 9.95. The number of carbonyl (C=O) groups excluding carboxylic acids is 1. The van der Waals surface area contributed by atoms with E-state index in [1.165, 1.54) is 0 Å². The zero-order valence-corrected chi connectivity index (χ0v) is 9.95. The van der Waals surface area contributed by atoms with E-state index in [1.54, 1.807) is 12.0 Å². The molecule has 1 rings (SSSR count). The number of hydrogen-bond donors (Lipinski definition) is 2. The van der Waals surface area contributed by atoms with E-state index in [2.05, 4.69) is 0 Å². The van der Waals surface area contributed by atoms with Crippen molar-refractivity contribution in [3.63, 3.8) is 0 Å². The third kappa shape index (κ3) is 3.17. The van der Waals surface area contributed by atoms with E-state index in [1.807, 2.05) is 0 Å². The Labute approximate surface area is 96.6 Å². The Morgan fingerprint density at radius 1 is 1.44 bits per heavy atom. The number of aliphatic hydroxyl groups is 1. The molecule has 0 spiro atoms. The van der Waals surface area contributed by atoms with Gasteiger partial charge in [-0.1, -0.05) is 12.8 Å². The fourth-order valence-electron chi connectivity index (χ4n) is 2.17. The maximum absolute atomic E-state index is 12.2. The number of aliphatic hydroxyl groups excluding tert-OH is 1. The van der Waals surface area contributed by atoms with E-state index in [0.717, 1.165) is 25.7 Å². The van der Waals surface area contributed by atoms with Crippen LogP contribution in [-0.2, 0) is 9.53 Å². The van der Waals surface area contributed by atoms with Gasteiger partial charge in [0.15, 0.2) is 0 Å². The second kappa shape index (κ2) is 6.18. The van der Waals surface area contributed by atoms with Gasteiger partial charge in [-0.05, 0) is 12.8 Å². The first-order chi connectivity index (χ1) is 7.64. The molecule has 5 heteroatoms. The van der Waals surface area contributed by atoms with Crippen LogP contribution in [0, 0.1) is 0 Å². The summed E-state index contributed by atoms with van der Waals surface area (Å²) in [6.07, 6.45) is 3.53. The zero-order chi connectivity index (χ0) is 12.0. The van der Waals surface area contributed by atoms with Crippen molar-refractivity contribution in [2.24, 2.45) is 5.73 Å². The van der Waals surface area contributed by atoms with Gasteiger partial charge in [-0.25, -0.2) is 0 Å². The number of rotatable bonds is 6. The summed E-state index contributed by atoms with van der Waals surface area (Å²) in [5, 5.41) is 8.94. The summed E-state index contributed by atoms with van der Waals surface area (Å²) in [4.78, 5) is 13.8. The summed E-state index contributed by atoms with van der Waals surface area (Å²) >= 11 is 0. The first-order valence-electron chi connectivity index (χ1n) is 5.82. The molecule has 0 saturated heterocycles. The topological polar surface area (TPSA) is 75.8 Å². The molecule has 0 bridgehead atoms. The molecule has 1 aliphatic carbocycles. The van der Waals surface area contributed by atoms with E-state index < -0.39 is 5.54 Å². The number of nitrogens with zero attached hydrogens (tertiary/aromatic N) is 1. The van der Waals surface area contributed by atoms with Crippen LogP contribution in [0.2, 0.25) is 0 Å². The quantitative estimate of drug-likeness (QED) is 0.658. The molecule has 1 fully saturated rings. The predicted octanol–water partition coefficient (Wildman–Crippen LogP) is -0.275. The summed E-state index contributed by atoms with van der Waals surface area (Å²) in [6, 6.07) is 0. The molecule has 0 atom stereocenters. The van der Waals surface area contributed by atoms with Crippen LogP contribution < -0.4 is 5.73 Å². The number of hydrogen-bond acceptors (Lipinski definition) is 4. The largest absolute Gasteiger partial charge is 0.395 e. The van der Waals surface area contributed by atoms with Crippen molar-refractivity contribution in [3.05, 3.63) is 0 Å².